The summed E-state index contributed by atoms with van der Waals surface area (Å²) in [5, 5.41) is 6.38. The summed E-state index contributed by atoms with van der Waals surface area (Å²) in [5.41, 5.74) is 17.0. The predicted octanol–water partition coefficient (Wildman–Crippen LogP) is -0.300. The molecule has 1 amide bonds. The number of nitrogens with one attached hydrogen (secondary N) is 2. The summed E-state index contributed by atoms with van der Waals surface area (Å²) >= 11 is 6.46. The van der Waals surface area contributed by atoms with Gasteiger partial charge < -0.3 is 27.8 Å². The highest BCUT2D eigenvalue weighted by Crippen LogP contribution is 2.14. The van der Waals surface area contributed by atoms with E-state index in [1.54, 1.807) is 0 Å². The van der Waals surface area contributed by atoms with Gasteiger partial charge in [-0.25, -0.2) is 4.42 Å². The lowest BCUT2D eigenvalue weighted by molar-refractivity contribution is -0.125. The second-order valence-corrected chi connectivity index (χ2v) is 9.13. The molecule has 0 radical (unpaired) electrons. The van der Waals surface area contributed by atoms with Crippen LogP contribution in [0.5, 0.6) is 0 Å². The lowest BCUT2D eigenvalue weighted by Crippen LogP contribution is -2.43. The number of carbonyl (C=O) groups excluding carboxylic acids is 1. The molecule has 0 rings (SSSR count). The molecule has 0 heterocycles. The zero-order valence-corrected chi connectivity index (χ0v) is 21.6. The molecule has 0 aliphatic carbocycles. The Bertz CT molecular complexity index is 446. The van der Waals surface area contributed by atoms with Gasteiger partial charge in [0.05, 0.1) is 0 Å². The molecule has 2 atom stereocenters. The fourth-order valence-electron chi connectivity index (χ4n) is 3.50. The highest BCUT2D eigenvalue weighted by Gasteiger charge is 2.16. The normalized spacial score (nSPS) is 13.8. The van der Waals surface area contributed by atoms with E-state index < -0.39 is 0 Å². The van der Waals surface area contributed by atoms with Crippen LogP contribution in [-0.4, -0.2) is 112 Å². The number of hydrogen-bond acceptors (Lipinski definition) is 8. The van der Waals surface area contributed by atoms with E-state index in [0.717, 1.165) is 78.3 Å². The van der Waals surface area contributed by atoms with Crippen LogP contribution in [0.1, 0.15) is 33.6 Å². The molecule has 0 bridgehead atoms. The van der Waals surface area contributed by atoms with Crippen molar-refractivity contribution in [1.29, 1.82) is 0 Å². The van der Waals surface area contributed by atoms with Crippen molar-refractivity contribution in [2.75, 3.05) is 91.6 Å². The molecule has 192 valence electrons. The third-order valence-corrected chi connectivity index (χ3v) is 6.10. The summed E-state index contributed by atoms with van der Waals surface area (Å²) in [6.45, 7) is 17.1. The highest BCUT2D eigenvalue weighted by atomic mass is 35.5. The smallest absolute Gasteiger partial charge is 0.222 e. The summed E-state index contributed by atoms with van der Waals surface area (Å²) in [7, 11) is 0. The lowest BCUT2D eigenvalue weighted by Gasteiger charge is -2.26. The first kappa shape index (κ1) is 31.5. The van der Waals surface area contributed by atoms with Crippen LogP contribution < -0.4 is 27.8 Å². The Morgan fingerprint density at radius 2 is 1.38 bits per heavy atom. The minimum Gasteiger partial charge on any atom is -0.355 e. The van der Waals surface area contributed by atoms with E-state index in [4.69, 9.17) is 29.0 Å². The second-order valence-electron chi connectivity index (χ2n) is 8.65. The van der Waals surface area contributed by atoms with Crippen LogP contribution in [0.3, 0.4) is 0 Å². The average molecular weight is 479 g/mol. The molecule has 2 unspecified atom stereocenters. The molecule has 0 aromatic heterocycles. The van der Waals surface area contributed by atoms with Gasteiger partial charge in [-0.1, -0.05) is 27.2 Å². The van der Waals surface area contributed by atoms with Gasteiger partial charge in [0.25, 0.3) is 0 Å². The highest BCUT2D eigenvalue weighted by molar-refractivity contribution is 6.13. The number of halogens is 1. The standard InChI is InChI=1S/C22H51ClN8O/c1-4-20(2)19-21(3)22(32)28-10-14-30(12-7-26)16-18-31(23)17-15-29(11-6-25)13-9-27-8-5-24/h20-21,27H,4-19,24-26H2,1-3H3,(H,28,32). The fourth-order valence-corrected chi connectivity index (χ4v) is 3.65. The van der Waals surface area contributed by atoms with E-state index in [0.29, 0.717) is 32.1 Å². The van der Waals surface area contributed by atoms with Gasteiger partial charge >= 0.3 is 0 Å². The second kappa shape index (κ2) is 21.0. The first-order valence-corrected chi connectivity index (χ1v) is 12.7. The third kappa shape index (κ3) is 17.0. The van der Waals surface area contributed by atoms with Crippen LogP contribution in [0.15, 0.2) is 0 Å². The molecule has 8 N–H and O–H groups in total. The summed E-state index contributed by atoms with van der Waals surface area (Å²) in [6, 6.07) is 0. The van der Waals surface area contributed by atoms with Crippen molar-refractivity contribution in [2.45, 2.75) is 33.6 Å². The third-order valence-electron chi connectivity index (χ3n) is 5.76. The van der Waals surface area contributed by atoms with E-state index in [-0.39, 0.29) is 11.8 Å². The molecule has 32 heavy (non-hydrogen) atoms. The molecule has 0 saturated heterocycles. The van der Waals surface area contributed by atoms with Crippen LogP contribution in [0.2, 0.25) is 0 Å². The minimum atomic E-state index is 0.0493. The Morgan fingerprint density at radius 1 is 0.812 bits per heavy atom. The average Bonchev–Trinajstić information content (AvgIpc) is 2.78. The van der Waals surface area contributed by atoms with Gasteiger partial charge in [-0.15, -0.1) is 0 Å². The van der Waals surface area contributed by atoms with Gasteiger partial charge in [0.15, 0.2) is 0 Å². The minimum absolute atomic E-state index is 0.0493. The Labute approximate surface area is 201 Å². The predicted molar refractivity (Wildman–Crippen MR) is 137 cm³/mol. The Morgan fingerprint density at radius 3 is 1.88 bits per heavy atom. The van der Waals surface area contributed by atoms with Crippen molar-refractivity contribution in [3.8, 4) is 0 Å². The number of amides is 1. The molecule has 0 spiro atoms. The zero-order valence-electron chi connectivity index (χ0n) is 20.8. The van der Waals surface area contributed by atoms with Crippen molar-refractivity contribution in [3.63, 3.8) is 0 Å². The van der Waals surface area contributed by atoms with Crippen LogP contribution in [0, 0.1) is 11.8 Å². The van der Waals surface area contributed by atoms with Crippen molar-refractivity contribution in [3.05, 3.63) is 0 Å². The van der Waals surface area contributed by atoms with Crippen molar-refractivity contribution < 1.29 is 4.79 Å². The molecule has 0 aliphatic heterocycles. The van der Waals surface area contributed by atoms with Crippen LogP contribution in [0.4, 0.5) is 0 Å². The topological polar surface area (TPSA) is 129 Å². The molecule has 10 heteroatoms. The molecule has 0 aliphatic rings. The Balaban J connectivity index is 4.22. The number of rotatable bonds is 22. The summed E-state index contributed by atoms with van der Waals surface area (Å²) in [4.78, 5) is 16.9. The van der Waals surface area contributed by atoms with E-state index in [1.807, 2.05) is 11.3 Å². The number of hydrogen-bond donors (Lipinski definition) is 5. The Kier molecular flexibility index (Phi) is 20.7. The summed E-state index contributed by atoms with van der Waals surface area (Å²) in [6.07, 6.45) is 2.03. The van der Waals surface area contributed by atoms with E-state index >= 15 is 0 Å². The van der Waals surface area contributed by atoms with Crippen LogP contribution in [-0.2, 0) is 4.79 Å². The van der Waals surface area contributed by atoms with Gasteiger partial charge in [-0.2, -0.15) is 0 Å². The van der Waals surface area contributed by atoms with E-state index in [1.165, 1.54) is 0 Å². The first-order chi connectivity index (χ1) is 15.4. The van der Waals surface area contributed by atoms with Crippen molar-refractivity contribution in [1.82, 2.24) is 24.9 Å². The van der Waals surface area contributed by atoms with E-state index in [2.05, 4.69) is 34.3 Å². The molecule has 9 nitrogen and oxygen atoms in total. The largest absolute Gasteiger partial charge is 0.355 e. The van der Waals surface area contributed by atoms with Crippen molar-refractivity contribution >= 4 is 17.7 Å². The first-order valence-electron chi connectivity index (χ1n) is 12.3. The maximum absolute atomic E-state index is 12.3. The van der Waals surface area contributed by atoms with Gasteiger partial charge in [0.2, 0.25) is 5.91 Å². The van der Waals surface area contributed by atoms with Crippen LogP contribution >= 0.6 is 11.8 Å². The zero-order chi connectivity index (χ0) is 24.2. The number of carbonyl (C=O) groups is 1. The number of nitrogens with zero attached hydrogens (tertiary/aromatic N) is 3. The van der Waals surface area contributed by atoms with Gasteiger partial charge in [0, 0.05) is 97.5 Å². The molecule has 0 aromatic carbocycles. The molecule has 0 aromatic rings. The maximum Gasteiger partial charge on any atom is 0.222 e. The van der Waals surface area contributed by atoms with Gasteiger partial charge in [-0.3, -0.25) is 14.6 Å². The lowest BCUT2D eigenvalue weighted by atomic mass is 9.95. The van der Waals surface area contributed by atoms with Gasteiger partial charge in [0.1, 0.15) is 0 Å². The quantitative estimate of drug-likeness (QED) is 0.106. The van der Waals surface area contributed by atoms with Crippen LogP contribution in [0.25, 0.3) is 0 Å². The van der Waals surface area contributed by atoms with E-state index in [9.17, 15) is 4.79 Å². The maximum atomic E-state index is 12.3. The van der Waals surface area contributed by atoms with Gasteiger partial charge in [-0.05, 0) is 24.1 Å². The fraction of sp³-hybridized carbons (Fsp3) is 0.955. The van der Waals surface area contributed by atoms with Crippen molar-refractivity contribution in [2.24, 2.45) is 29.0 Å². The molecular weight excluding hydrogens is 428 g/mol. The summed E-state index contributed by atoms with van der Waals surface area (Å²) in [5.74, 6) is 0.758. The molecular formula is C22H51ClN8O. The Hall–Kier alpha value is -0.520. The molecule has 0 saturated carbocycles. The molecule has 0 fully saturated rings. The monoisotopic (exact) mass is 478 g/mol. The summed E-state index contributed by atoms with van der Waals surface area (Å²) < 4.78 is 1.83. The number of nitrogens with two attached hydrogens (primary N) is 3. The SMILES string of the molecule is CCC(C)CC(C)C(=O)NCCN(CCN)CCN(Cl)CCN(CCN)CCNCCN.